The van der Waals surface area contributed by atoms with E-state index >= 15 is 0 Å². The normalized spacial score (nSPS) is 14.4. The number of benzene rings is 2. The van der Waals surface area contributed by atoms with E-state index in [9.17, 15) is 20.2 Å². The van der Waals surface area contributed by atoms with Gasteiger partial charge in [0.15, 0.2) is 0 Å². The van der Waals surface area contributed by atoms with Crippen LogP contribution in [-0.4, -0.2) is 31.8 Å². The zero-order valence-electron chi connectivity index (χ0n) is 15.0. The number of ketones is 1. The van der Waals surface area contributed by atoms with Crippen molar-refractivity contribution in [1.82, 2.24) is 0 Å². The van der Waals surface area contributed by atoms with Gasteiger partial charge in [-0.3, -0.25) is 14.9 Å². The van der Waals surface area contributed by atoms with Crippen molar-refractivity contribution in [3.8, 4) is 6.07 Å². The zero-order valence-corrected chi connectivity index (χ0v) is 15.8. The van der Waals surface area contributed by atoms with Crippen molar-refractivity contribution in [2.45, 2.75) is 4.90 Å². The molecule has 0 aliphatic carbocycles. The van der Waals surface area contributed by atoms with E-state index < -0.39 is 10.7 Å². The summed E-state index contributed by atoms with van der Waals surface area (Å²) in [6, 6.07) is 13.7. The first-order valence-corrected chi connectivity index (χ1v) is 8.82. The van der Waals surface area contributed by atoms with Gasteiger partial charge in [0.1, 0.15) is 16.7 Å². The molecule has 1 heterocycles. The van der Waals surface area contributed by atoms with E-state index in [-0.39, 0.29) is 16.8 Å². The second-order valence-electron chi connectivity index (χ2n) is 6.10. The van der Waals surface area contributed by atoms with Crippen LogP contribution in [0, 0.1) is 21.4 Å². The number of Topliss-reactive ketones (excluding diaryl/α,β-unsaturated/α-hetero) is 1. The van der Waals surface area contributed by atoms with Crippen LogP contribution in [0.15, 0.2) is 58.0 Å². The molecule has 0 amide bonds. The van der Waals surface area contributed by atoms with Gasteiger partial charge in [-0.2, -0.15) is 5.26 Å². The van der Waals surface area contributed by atoms with Gasteiger partial charge in [-0.1, -0.05) is 23.9 Å². The lowest BCUT2D eigenvalue weighted by molar-refractivity contribution is -0.384. The summed E-state index contributed by atoms with van der Waals surface area (Å²) >= 11 is 1.34. The highest BCUT2D eigenvalue weighted by Crippen LogP contribution is 2.46. The molecule has 2 aromatic rings. The molecule has 0 bridgehead atoms. The molecule has 8 heteroatoms. The van der Waals surface area contributed by atoms with Crippen molar-refractivity contribution in [3.05, 3.63) is 68.7 Å². The van der Waals surface area contributed by atoms with E-state index in [2.05, 4.69) is 0 Å². The average molecular weight is 380 g/mol. The average Bonchev–Trinajstić information content (AvgIpc) is 2.98. The van der Waals surface area contributed by atoms with Gasteiger partial charge in [-0.25, -0.2) is 0 Å². The number of nitriles is 1. The van der Waals surface area contributed by atoms with E-state index in [1.165, 1.54) is 30.0 Å². The van der Waals surface area contributed by atoms with Gasteiger partial charge in [0, 0.05) is 43.9 Å². The molecular formula is C19H16N4O3S. The van der Waals surface area contributed by atoms with Crippen molar-refractivity contribution in [1.29, 1.82) is 5.26 Å². The molecule has 2 aromatic carbocycles. The Morgan fingerprint density at radius 1 is 1.26 bits per heavy atom. The number of hydrogen-bond acceptors (Lipinski definition) is 7. The van der Waals surface area contributed by atoms with Gasteiger partial charge in [-0.15, -0.1) is 0 Å². The number of hydrogen-bond donors (Lipinski definition) is 0. The third-order valence-electron chi connectivity index (χ3n) is 4.21. The molecule has 1 aliphatic rings. The number of para-hydroxylation sites is 1. The van der Waals surface area contributed by atoms with Gasteiger partial charge in [-0.05, 0) is 18.2 Å². The monoisotopic (exact) mass is 380 g/mol. The summed E-state index contributed by atoms with van der Waals surface area (Å²) in [5.41, 5.74) is 1.32. The van der Waals surface area contributed by atoms with Gasteiger partial charge >= 0.3 is 0 Å². The van der Waals surface area contributed by atoms with Gasteiger partial charge < -0.3 is 9.80 Å². The van der Waals surface area contributed by atoms with Crippen molar-refractivity contribution in [2.75, 3.05) is 30.9 Å². The molecule has 0 aromatic heterocycles. The topological polar surface area (TPSA) is 90.5 Å². The third kappa shape index (κ3) is 3.25. The number of nitrogens with zero attached hydrogens (tertiary/aromatic N) is 4. The maximum absolute atomic E-state index is 13.2. The van der Waals surface area contributed by atoms with Gasteiger partial charge in [0.05, 0.1) is 16.2 Å². The minimum Gasteiger partial charge on any atom is -0.377 e. The summed E-state index contributed by atoms with van der Waals surface area (Å²) in [7, 11) is 5.27. The van der Waals surface area contributed by atoms with E-state index in [1.54, 1.807) is 30.9 Å². The molecule has 0 atom stereocenters. The Balaban J connectivity index is 2.14. The molecular weight excluding hydrogens is 364 g/mol. The lowest BCUT2D eigenvalue weighted by Gasteiger charge is -2.18. The molecule has 0 N–H and O–H groups in total. The predicted octanol–water partition coefficient (Wildman–Crippen LogP) is 3.82. The smallest absolute Gasteiger partial charge is 0.270 e. The molecule has 0 saturated heterocycles. The second-order valence-corrected chi connectivity index (χ2v) is 7.13. The van der Waals surface area contributed by atoms with E-state index in [4.69, 9.17) is 0 Å². The molecule has 0 spiro atoms. The standard InChI is InChI=1S/C19H16N4O3S/c1-21(2)15-9-8-12(23(25)26)10-13(15)18(24)14(11-20)19-22(3)16-6-4-5-7-17(16)27-19/h4-10H,1-3H3. The number of carbonyl (C=O) groups excluding carboxylic acids is 1. The molecule has 3 rings (SSSR count). The van der Waals surface area contributed by atoms with Crippen LogP contribution in [0.2, 0.25) is 0 Å². The van der Waals surface area contributed by atoms with Crippen LogP contribution >= 0.6 is 11.8 Å². The van der Waals surface area contributed by atoms with Crippen LogP contribution in [0.3, 0.4) is 0 Å². The minimum atomic E-state index is -0.554. The van der Waals surface area contributed by atoms with Crippen molar-refractivity contribution >= 4 is 34.6 Å². The fraction of sp³-hybridized carbons (Fsp3) is 0.158. The number of fused-ring (bicyclic) bond motifs is 1. The molecule has 0 saturated carbocycles. The number of nitro groups is 1. The Morgan fingerprint density at radius 3 is 2.56 bits per heavy atom. The lowest BCUT2D eigenvalue weighted by Crippen LogP contribution is -2.18. The number of anilines is 2. The number of rotatable bonds is 4. The summed E-state index contributed by atoms with van der Waals surface area (Å²) in [6.07, 6.45) is 0. The Kier molecular flexibility index (Phi) is 4.88. The largest absolute Gasteiger partial charge is 0.377 e. The number of thioether (sulfide) groups is 1. The zero-order chi connectivity index (χ0) is 19.7. The SMILES string of the molecule is CN(C)c1ccc([N+](=O)[O-])cc1C(=O)C(C#N)=C1Sc2ccccc2N1C. The van der Waals surface area contributed by atoms with E-state index in [0.717, 1.165) is 10.6 Å². The molecule has 1 aliphatic heterocycles. The van der Waals surface area contributed by atoms with Crippen LogP contribution in [0.4, 0.5) is 17.1 Å². The summed E-state index contributed by atoms with van der Waals surface area (Å²) < 4.78 is 0. The predicted molar refractivity (Wildman–Crippen MR) is 105 cm³/mol. The quantitative estimate of drug-likeness (QED) is 0.262. The van der Waals surface area contributed by atoms with Crippen LogP contribution < -0.4 is 9.80 Å². The summed E-state index contributed by atoms with van der Waals surface area (Å²) in [6.45, 7) is 0. The number of allylic oxidation sites excluding steroid dienone is 1. The van der Waals surface area contributed by atoms with Gasteiger partial charge in [0.2, 0.25) is 5.78 Å². The molecule has 27 heavy (non-hydrogen) atoms. The van der Waals surface area contributed by atoms with E-state index in [1.807, 2.05) is 30.3 Å². The summed E-state index contributed by atoms with van der Waals surface area (Å²) in [4.78, 5) is 28.2. The molecule has 7 nitrogen and oxygen atoms in total. The third-order valence-corrected chi connectivity index (χ3v) is 5.44. The molecule has 0 unspecified atom stereocenters. The second kappa shape index (κ2) is 7.13. The molecule has 0 fully saturated rings. The van der Waals surface area contributed by atoms with E-state index in [0.29, 0.717) is 10.7 Å². The number of nitro benzene ring substituents is 1. The first-order valence-electron chi connectivity index (χ1n) is 8.00. The van der Waals surface area contributed by atoms with Crippen molar-refractivity contribution in [3.63, 3.8) is 0 Å². The van der Waals surface area contributed by atoms with Gasteiger partial charge in [0.25, 0.3) is 5.69 Å². The molecule has 136 valence electrons. The van der Waals surface area contributed by atoms with Crippen LogP contribution in [-0.2, 0) is 0 Å². The van der Waals surface area contributed by atoms with Crippen LogP contribution in [0.1, 0.15) is 10.4 Å². The number of carbonyl (C=O) groups is 1. The highest BCUT2D eigenvalue weighted by atomic mass is 32.2. The summed E-state index contributed by atoms with van der Waals surface area (Å²) in [5.74, 6) is -0.535. The maximum Gasteiger partial charge on any atom is 0.270 e. The Morgan fingerprint density at radius 2 is 1.96 bits per heavy atom. The van der Waals surface area contributed by atoms with Crippen molar-refractivity contribution < 1.29 is 9.72 Å². The Bertz CT molecular complexity index is 1020. The first kappa shape index (κ1) is 18.5. The maximum atomic E-state index is 13.2. The van der Waals surface area contributed by atoms with Crippen molar-refractivity contribution in [2.24, 2.45) is 0 Å². The first-order chi connectivity index (χ1) is 12.8. The fourth-order valence-corrected chi connectivity index (χ4v) is 4.00. The highest BCUT2D eigenvalue weighted by Gasteiger charge is 2.30. The highest BCUT2D eigenvalue weighted by molar-refractivity contribution is 8.03. The number of non-ortho nitro benzene ring substituents is 1. The lowest BCUT2D eigenvalue weighted by atomic mass is 10.0. The van der Waals surface area contributed by atoms with Crippen LogP contribution in [0.25, 0.3) is 0 Å². The van der Waals surface area contributed by atoms with Crippen LogP contribution in [0.5, 0.6) is 0 Å². The Labute approximate surface area is 160 Å². The summed E-state index contributed by atoms with van der Waals surface area (Å²) in [5, 5.41) is 21.4. The molecule has 0 radical (unpaired) electrons. The minimum absolute atomic E-state index is 0.0395. The Hall–Kier alpha value is -3.31. The fourth-order valence-electron chi connectivity index (χ4n) is 2.86.